The number of quaternary nitrogens is 1. The van der Waals surface area contributed by atoms with Gasteiger partial charge in [-0.25, -0.2) is 0 Å². The van der Waals surface area contributed by atoms with Crippen LogP contribution in [0.4, 0.5) is 0 Å². The van der Waals surface area contributed by atoms with Crippen LogP contribution in [0.15, 0.2) is 11.3 Å². The summed E-state index contributed by atoms with van der Waals surface area (Å²) >= 11 is 0. The van der Waals surface area contributed by atoms with Gasteiger partial charge in [-0.3, -0.25) is 4.79 Å². The Kier molecular flexibility index (Phi) is 3.46. The SMILES string of the molecule is CCC(=C(C)C(N)=O)[N+](C)(C)C. The minimum absolute atomic E-state index is 0.320. The van der Waals surface area contributed by atoms with Crippen molar-refractivity contribution in [3.8, 4) is 0 Å². The number of carbonyl (C=O) groups excluding carboxylic acids is 1. The zero-order chi connectivity index (χ0) is 9.94. The largest absolute Gasteiger partial charge is 0.366 e. The van der Waals surface area contributed by atoms with Crippen LogP contribution in [-0.4, -0.2) is 31.5 Å². The number of allylic oxidation sites excluding steroid dienone is 1. The number of rotatable bonds is 3. The summed E-state index contributed by atoms with van der Waals surface area (Å²) < 4.78 is 0.672. The molecule has 0 aromatic heterocycles. The number of hydrogen-bond acceptors (Lipinski definition) is 1. The molecule has 0 heterocycles. The molecule has 12 heavy (non-hydrogen) atoms. The number of primary amides is 1. The first-order valence-corrected chi connectivity index (χ1v) is 4.12. The highest BCUT2D eigenvalue weighted by molar-refractivity contribution is 5.91. The van der Waals surface area contributed by atoms with Crippen LogP contribution in [0.5, 0.6) is 0 Å². The average Bonchev–Trinajstić information content (AvgIpc) is 1.85. The van der Waals surface area contributed by atoms with Gasteiger partial charge in [0, 0.05) is 6.42 Å². The van der Waals surface area contributed by atoms with Crippen LogP contribution in [-0.2, 0) is 4.79 Å². The fraction of sp³-hybridized carbons (Fsp3) is 0.667. The minimum Gasteiger partial charge on any atom is -0.366 e. The molecule has 0 bridgehead atoms. The molecule has 0 atom stereocenters. The maximum absolute atomic E-state index is 10.9. The molecule has 0 spiro atoms. The Hall–Kier alpha value is -0.830. The Labute approximate surface area is 74.4 Å². The fourth-order valence-electron chi connectivity index (χ4n) is 1.38. The fourth-order valence-corrected chi connectivity index (χ4v) is 1.38. The Bertz CT molecular complexity index is 211. The lowest BCUT2D eigenvalue weighted by atomic mass is 10.1. The summed E-state index contributed by atoms with van der Waals surface area (Å²) in [5.74, 6) is -0.320. The smallest absolute Gasteiger partial charge is 0.249 e. The van der Waals surface area contributed by atoms with E-state index in [0.717, 1.165) is 12.1 Å². The lowest BCUT2D eigenvalue weighted by Gasteiger charge is -2.27. The molecule has 3 heteroatoms. The quantitative estimate of drug-likeness (QED) is 0.497. The second-order valence-electron chi connectivity index (χ2n) is 3.80. The van der Waals surface area contributed by atoms with Gasteiger partial charge in [-0.1, -0.05) is 6.92 Å². The Morgan fingerprint density at radius 2 is 1.75 bits per heavy atom. The van der Waals surface area contributed by atoms with Crippen molar-refractivity contribution in [1.82, 2.24) is 0 Å². The minimum atomic E-state index is -0.320. The monoisotopic (exact) mass is 171 g/mol. The lowest BCUT2D eigenvalue weighted by Crippen LogP contribution is -2.35. The molecular formula is C9H19N2O+. The van der Waals surface area contributed by atoms with Crippen molar-refractivity contribution in [3.63, 3.8) is 0 Å². The van der Waals surface area contributed by atoms with Crippen molar-refractivity contribution in [2.24, 2.45) is 5.73 Å². The molecule has 0 saturated heterocycles. The summed E-state index contributed by atoms with van der Waals surface area (Å²) in [6.45, 7) is 3.82. The Balaban J connectivity index is 5.01. The van der Waals surface area contributed by atoms with Crippen LogP contribution < -0.4 is 5.73 Å². The highest BCUT2D eigenvalue weighted by atomic mass is 16.1. The first-order valence-electron chi connectivity index (χ1n) is 4.12. The van der Waals surface area contributed by atoms with Crippen molar-refractivity contribution in [3.05, 3.63) is 11.3 Å². The zero-order valence-electron chi connectivity index (χ0n) is 8.64. The van der Waals surface area contributed by atoms with E-state index in [1.54, 1.807) is 6.92 Å². The number of amides is 1. The van der Waals surface area contributed by atoms with E-state index < -0.39 is 0 Å². The summed E-state index contributed by atoms with van der Waals surface area (Å²) in [5.41, 5.74) is 6.97. The number of carbonyl (C=O) groups is 1. The second-order valence-corrected chi connectivity index (χ2v) is 3.80. The molecular weight excluding hydrogens is 152 g/mol. The van der Waals surface area contributed by atoms with Gasteiger partial charge in [0.1, 0.15) is 5.70 Å². The van der Waals surface area contributed by atoms with Gasteiger partial charge in [-0.05, 0) is 6.92 Å². The van der Waals surface area contributed by atoms with Crippen LogP contribution in [0.3, 0.4) is 0 Å². The number of hydrogen-bond donors (Lipinski definition) is 1. The van der Waals surface area contributed by atoms with E-state index in [2.05, 4.69) is 0 Å². The number of nitrogens with two attached hydrogens (primary N) is 1. The predicted octanol–water partition coefficient (Wildman–Crippen LogP) is 0.862. The Morgan fingerprint density at radius 1 is 1.33 bits per heavy atom. The van der Waals surface area contributed by atoms with E-state index in [1.165, 1.54) is 0 Å². The third-order valence-electron chi connectivity index (χ3n) is 1.95. The maximum Gasteiger partial charge on any atom is 0.249 e. The molecule has 0 aliphatic heterocycles. The molecule has 0 aromatic carbocycles. The first kappa shape index (κ1) is 11.2. The van der Waals surface area contributed by atoms with E-state index in [-0.39, 0.29) is 5.91 Å². The van der Waals surface area contributed by atoms with E-state index in [4.69, 9.17) is 5.73 Å². The topological polar surface area (TPSA) is 43.1 Å². The summed E-state index contributed by atoms with van der Waals surface area (Å²) in [6.07, 6.45) is 0.859. The van der Waals surface area contributed by atoms with E-state index in [1.807, 2.05) is 28.1 Å². The molecule has 2 N–H and O–H groups in total. The predicted molar refractivity (Wildman–Crippen MR) is 50.2 cm³/mol. The van der Waals surface area contributed by atoms with Gasteiger partial charge >= 0.3 is 0 Å². The van der Waals surface area contributed by atoms with Gasteiger partial charge in [0.05, 0.1) is 26.7 Å². The van der Waals surface area contributed by atoms with Crippen LogP contribution >= 0.6 is 0 Å². The van der Waals surface area contributed by atoms with Gasteiger partial charge < -0.3 is 10.2 Å². The summed E-state index contributed by atoms with van der Waals surface area (Å²) in [5, 5.41) is 0. The molecule has 0 radical (unpaired) electrons. The van der Waals surface area contributed by atoms with Gasteiger partial charge in [0.25, 0.3) is 0 Å². The summed E-state index contributed by atoms with van der Waals surface area (Å²) in [6, 6.07) is 0. The van der Waals surface area contributed by atoms with Gasteiger partial charge in [-0.2, -0.15) is 0 Å². The molecule has 0 aliphatic rings. The molecule has 3 nitrogen and oxygen atoms in total. The standard InChI is InChI=1S/C9H18N2O/c1-6-8(11(3,4)5)7(2)9(10)12/h6H2,1-5H3,(H-,10,12)/p+1. The summed E-state index contributed by atoms with van der Waals surface area (Å²) in [4.78, 5) is 10.9. The van der Waals surface area contributed by atoms with Crippen LogP contribution in [0.1, 0.15) is 20.3 Å². The third kappa shape index (κ3) is 2.66. The number of nitrogens with zero attached hydrogens (tertiary/aromatic N) is 1. The van der Waals surface area contributed by atoms with Gasteiger partial charge in [0.2, 0.25) is 5.91 Å². The highest BCUT2D eigenvalue weighted by Gasteiger charge is 2.19. The molecule has 0 saturated carbocycles. The molecule has 0 rings (SSSR count). The van der Waals surface area contributed by atoms with Crippen molar-refractivity contribution in [2.45, 2.75) is 20.3 Å². The van der Waals surface area contributed by atoms with Crippen LogP contribution in [0.25, 0.3) is 0 Å². The third-order valence-corrected chi connectivity index (χ3v) is 1.95. The zero-order valence-corrected chi connectivity index (χ0v) is 8.64. The summed E-state index contributed by atoms with van der Waals surface area (Å²) in [7, 11) is 6.10. The van der Waals surface area contributed by atoms with Crippen molar-refractivity contribution < 1.29 is 9.28 Å². The van der Waals surface area contributed by atoms with E-state index >= 15 is 0 Å². The van der Waals surface area contributed by atoms with E-state index in [9.17, 15) is 4.79 Å². The normalized spacial score (nSPS) is 14.1. The van der Waals surface area contributed by atoms with Gasteiger partial charge in [0.15, 0.2) is 0 Å². The Morgan fingerprint density at radius 3 is 1.83 bits per heavy atom. The van der Waals surface area contributed by atoms with Crippen LogP contribution in [0, 0.1) is 0 Å². The molecule has 0 aromatic rings. The molecule has 1 amide bonds. The van der Waals surface area contributed by atoms with Crippen molar-refractivity contribution in [1.29, 1.82) is 0 Å². The average molecular weight is 171 g/mol. The van der Waals surface area contributed by atoms with Gasteiger partial charge in [-0.15, -0.1) is 0 Å². The molecule has 70 valence electrons. The first-order chi connectivity index (χ1) is 5.30. The van der Waals surface area contributed by atoms with Crippen LogP contribution in [0.2, 0.25) is 0 Å². The maximum atomic E-state index is 10.9. The van der Waals surface area contributed by atoms with Crippen molar-refractivity contribution in [2.75, 3.05) is 21.1 Å². The molecule has 0 aliphatic carbocycles. The molecule has 0 unspecified atom stereocenters. The van der Waals surface area contributed by atoms with Crippen molar-refractivity contribution >= 4 is 5.91 Å². The highest BCUT2D eigenvalue weighted by Crippen LogP contribution is 2.16. The lowest BCUT2D eigenvalue weighted by molar-refractivity contribution is -0.833. The molecule has 0 fully saturated rings. The second kappa shape index (κ2) is 3.72. The van der Waals surface area contributed by atoms with E-state index in [0.29, 0.717) is 10.1 Å².